The van der Waals surface area contributed by atoms with Crippen LogP contribution in [-0.4, -0.2) is 24.4 Å². The SMILES string of the molecule is OCC(C1CCCC1)C1CCO1. The summed E-state index contributed by atoms with van der Waals surface area (Å²) in [6.07, 6.45) is 6.89. The lowest BCUT2D eigenvalue weighted by Gasteiger charge is -2.36. The maximum atomic E-state index is 9.24. The van der Waals surface area contributed by atoms with Gasteiger partial charge in [0.15, 0.2) is 0 Å². The molecule has 0 radical (unpaired) electrons. The number of rotatable bonds is 3. The summed E-state index contributed by atoms with van der Waals surface area (Å²) < 4.78 is 5.44. The predicted octanol–water partition coefficient (Wildman–Crippen LogP) is 1.57. The molecule has 2 nitrogen and oxygen atoms in total. The minimum atomic E-state index is 0.329. The lowest BCUT2D eigenvalue weighted by atomic mass is 9.84. The van der Waals surface area contributed by atoms with Gasteiger partial charge in [-0.1, -0.05) is 25.7 Å². The monoisotopic (exact) mass is 170 g/mol. The molecular formula is C10H18O2. The Labute approximate surface area is 73.9 Å². The second kappa shape index (κ2) is 3.75. The summed E-state index contributed by atoms with van der Waals surface area (Å²) in [6.45, 7) is 1.24. The summed E-state index contributed by atoms with van der Waals surface area (Å²) in [5, 5.41) is 9.24. The molecule has 1 N–H and O–H groups in total. The van der Waals surface area contributed by atoms with Gasteiger partial charge in [0.25, 0.3) is 0 Å². The Morgan fingerprint density at radius 2 is 1.92 bits per heavy atom. The van der Waals surface area contributed by atoms with Crippen molar-refractivity contribution in [1.82, 2.24) is 0 Å². The summed E-state index contributed by atoms with van der Waals surface area (Å²) in [4.78, 5) is 0. The topological polar surface area (TPSA) is 29.5 Å². The zero-order valence-electron chi connectivity index (χ0n) is 7.54. The Bertz CT molecular complexity index is 137. The minimum absolute atomic E-state index is 0.329. The fourth-order valence-electron chi connectivity index (χ4n) is 2.55. The zero-order valence-corrected chi connectivity index (χ0v) is 7.54. The zero-order chi connectivity index (χ0) is 8.39. The van der Waals surface area contributed by atoms with E-state index in [-0.39, 0.29) is 0 Å². The van der Waals surface area contributed by atoms with Crippen molar-refractivity contribution in [1.29, 1.82) is 0 Å². The number of hydrogen-bond donors (Lipinski definition) is 1. The number of hydrogen-bond acceptors (Lipinski definition) is 2. The molecule has 2 atom stereocenters. The van der Waals surface area contributed by atoms with Crippen LogP contribution in [0.1, 0.15) is 32.1 Å². The third kappa shape index (κ3) is 1.50. The first-order valence-electron chi connectivity index (χ1n) is 5.14. The van der Waals surface area contributed by atoms with Crippen molar-refractivity contribution >= 4 is 0 Å². The quantitative estimate of drug-likeness (QED) is 0.696. The van der Waals surface area contributed by atoms with E-state index in [1.165, 1.54) is 32.1 Å². The van der Waals surface area contributed by atoms with Crippen LogP contribution in [-0.2, 0) is 4.74 Å². The standard InChI is InChI=1S/C10H18O2/c11-7-9(10-5-6-12-10)8-3-1-2-4-8/h8-11H,1-7H2. The van der Waals surface area contributed by atoms with Gasteiger partial charge in [-0.2, -0.15) is 0 Å². The third-order valence-electron chi connectivity index (χ3n) is 3.43. The van der Waals surface area contributed by atoms with E-state index >= 15 is 0 Å². The van der Waals surface area contributed by atoms with E-state index in [2.05, 4.69) is 0 Å². The highest BCUT2D eigenvalue weighted by Crippen LogP contribution is 2.36. The van der Waals surface area contributed by atoms with Gasteiger partial charge in [-0.25, -0.2) is 0 Å². The molecule has 0 amide bonds. The molecule has 1 aliphatic heterocycles. The molecule has 0 aromatic carbocycles. The molecule has 1 aliphatic carbocycles. The van der Waals surface area contributed by atoms with E-state index < -0.39 is 0 Å². The van der Waals surface area contributed by atoms with Gasteiger partial charge < -0.3 is 9.84 Å². The van der Waals surface area contributed by atoms with E-state index in [0.717, 1.165) is 12.5 Å². The Balaban J connectivity index is 1.87. The molecule has 0 aromatic rings. The summed E-state index contributed by atoms with van der Waals surface area (Å²) >= 11 is 0. The van der Waals surface area contributed by atoms with Crippen molar-refractivity contribution in [3.63, 3.8) is 0 Å². The van der Waals surface area contributed by atoms with Crippen LogP contribution in [0.3, 0.4) is 0 Å². The fourth-order valence-corrected chi connectivity index (χ4v) is 2.55. The lowest BCUT2D eigenvalue weighted by Crippen LogP contribution is -2.39. The Kier molecular flexibility index (Phi) is 2.66. The van der Waals surface area contributed by atoms with Gasteiger partial charge in [-0.05, 0) is 12.3 Å². The molecule has 2 rings (SSSR count). The number of aliphatic hydroxyl groups is 1. The fraction of sp³-hybridized carbons (Fsp3) is 1.00. The smallest absolute Gasteiger partial charge is 0.0649 e. The maximum absolute atomic E-state index is 9.24. The number of aliphatic hydroxyl groups excluding tert-OH is 1. The van der Waals surface area contributed by atoms with Gasteiger partial charge in [0.1, 0.15) is 0 Å². The summed E-state index contributed by atoms with van der Waals surface area (Å²) in [7, 11) is 0. The highest BCUT2D eigenvalue weighted by Gasteiger charge is 2.34. The largest absolute Gasteiger partial charge is 0.396 e. The first kappa shape index (κ1) is 8.52. The van der Waals surface area contributed by atoms with Crippen LogP contribution in [0.2, 0.25) is 0 Å². The van der Waals surface area contributed by atoms with Gasteiger partial charge >= 0.3 is 0 Å². The summed E-state index contributed by atoms with van der Waals surface area (Å²) in [6, 6.07) is 0. The molecule has 2 aliphatic rings. The van der Waals surface area contributed by atoms with Crippen LogP contribution in [0.4, 0.5) is 0 Å². The molecule has 0 aromatic heterocycles. The van der Waals surface area contributed by atoms with Crippen LogP contribution in [0.25, 0.3) is 0 Å². The van der Waals surface area contributed by atoms with Crippen molar-refractivity contribution in [3.05, 3.63) is 0 Å². The van der Waals surface area contributed by atoms with E-state index in [1.54, 1.807) is 0 Å². The maximum Gasteiger partial charge on any atom is 0.0649 e. The second-order valence-electron chi connectivity index (χ2n) is 4.09. The highest BCUT2D eigenvalue weighted by molar-refractivity contribution is 4.83. The molecular weight excluding hydrogens is 152 g/mol. The minimum Gasteiger partial charge on any atom is -0.396 e. The molecule has 0 bridgehead atoms. The van der Waals surface area contributed by atoms with Gasteiger partial charge in [0.05, 0.1) is 6.10 Å². The highest BCUT2D eigenvalue weighted by atomic mass is 16.5. The van der Waals surface area contributed by atoms with E-state index in [0.29, 0.717) is 18.6 Å². The molecule has 1 heterocycles. The Morgan fingerprint density at radius 1 is 1.25 bits per heavy atom. The van der Waals surface area contributed by atoms with Gasteiger partial charge in [-0.3, -0.25) is 0 Å². The molecule has 2 unspecified atom stereocenters. The molecule has 1 saturated heterocycles. The second-order valence-corrected chi connectivity index (χ2v) is 4.09. The average Bonchev–Trinajstić information content (AvgIpc) is 2.47. The molecule has 70 valence electrons. The van der Waals surface area contributed by atoms with Crippen LogP contribution < -0.4 is 0 Å². The Morgan fingerprint density at radius 3 is 2.33 bits per heavy atom. The molecule has 2 fully saturated rings. The molecule has 1 saturated carbocycles. The van der Waals surface area contributed by atoms with Crippen molar-refractivity contribution in [2.45, 2.75) is 38.2 Å². The lowest BCUT2D eigenvalue weighted by molar-refractivity contribution is -0.109. The van der Waals surface area contributed by atoms with E-state index in [9.17, 15) is 5.11 Å². The Hall–Kier alpha value is -0.0800. The van der Waals surface area contributed by atoms with Crippen molar-refractivity contribution < 1.29 is 9.84 Å². The van der Waals surface area contributed by atoms with Crippen LogP contribution >= 0.6 is 0 Å². The van der Waals surface area contributed by atoms with Gasteiger partial charge in [0.2, 0.25) is 0 Å². The summed E-state index contributed by atoms with van der Waals surface area (Å²) in [5.74, 6) is 1.20. The van der Waals surface area contributed by atoms with Crippen molar-refractivity contribution in [2.24, 2.45) is 11.8 Å². The van der Waals surface area contributed by atoms with Crippen LogP contribution in [0.15, 0.2) is 0 Å². The van der Waals surface area contributed by atoms with Gasteiger partial charge in [0, 0.05) is 19.1 Å². The van der Waals surface area contributed by atoms with Crippen LogP contribution in [0, 0.1) is 11.8 Å². The first-order chi connectivity index (χ1) is 5.92. The molecule has 0 spiro atoms. The van der Waals surface area contributed by atoms with Crippen LogP contribution in [0.5, 0.6) is 0 Å². The normalized spacial score (nSPS) is 33.2. The van der Waals surface area contributed by atoms with Gasteiger partial charge in [-0.15, -0.1) is 0 Å². The van der Waals surface area contributed by atoms with Crippen molar-refractivity contribution in [2.75, 3.05) is 13.2 Å². The molecule has 2 heteroatoms. The first-order valence-corrected chi connectivity index (χ1v) is 5.14. The van der Waals surface area contributed by atoms with E-state index in [4.69, 9.17) is 4.74 Å². The van der Waals surface area contributed by atoms with Crippen molar-refractivity contribution in [3.8, 4) is 0 Å². The van der Waals surface area contributed by atoms with E-state index in [1.807, 2.05) is 0 Å². The predicted molar refractivity (Wildman–Crippen MR) is 46.9 cm³/mol. The molecule has 12 heavy (non-hydrogen) atoms. The average molecular weight is 170 g/mol. The summed E-state index contributed by atoms with van der Waals surface area (Å²) in [5.41, 5.74) is 0. The third-order valence-corrected chi connectivity index (χ3v) is 3.43. The number of ether oxygens (including phenoxy) is 1.